The lowest BCUT2D eigenvalue weighted by Crippen LogP contribution is -2.31. The van der Waals surface area contributed by atoms with E-state index in [9.17, 15) is 19.8 Å². The van der Waals surface area contributed by atoms with Crippen LogP contribution >= 0.6 is 15.9 Å². The van der Waals surface area contributed by atoms with Gasteiger partial charge in [0, 0.05) is 22.3 Å². The van der Waals surface area contributed by atoms with Gasteiger partial charge in [0.15, 0.2) is 11.5 Å². The number of benzene rings is 2. The van der Waals surface area contributed by atoms with Gasteiger partial charge >= 0.3 is 0 Å². The molecule has 158 valence electrons. The molecule has 5 rings (SSSR count). The van der Waals surface area contributed by atoms with Crippen molar-refractivity contribution < 1.29 is 24.2 Å². The predicted octanol–water partition coefficient (Wildman–Crippen LogP) is 5.08. The Hall–Kier alpha value is -3.91. The van der Waals surface area contributed by atoms with E-state index in [4.69, 9.17) is 4.42 Å². The SMILES string of the molecule is O=C(C1=C(O)C(=O)N(c2ccccc2O)C1c1cccnc1)c1cc2cc(Br)ccc2o1. The third kappa shape index (κ3) is 3.16. The molecule has 3 heterocycles. The number of aromatic hydroxyl groups is 1. The first-order valence-electron chi connectivity index (χ1n) is 9.64. The lowest BCUT2D eigenvalue weighted by atomic mass is 9.96. The minimum absolute atomic E-state index is 0.0135. The number of ketones is 1. The van der Waals surface area contributed by atoms with Gasteiger partial charge in [0.1, 0.15) is 11.3 Å². The van der Waals surface area contributed by atoms with Crippen LogP contribution in [0.5, 0.6) is 5.75 Å². The molecule has 0 bridgehead atoms. The Morgan fingerprint density at radius 3 is 2.62 bits per heavy atom. The Labute approximate surface area is 190 Å². The number of carbonyl (C=O) groups is 2. The molecule has 0 fully saturated rings. The molecule has 4 aromatic rings. The zero-order chi connectivity index (χ0) is 22.4. The molecule has 32 heavy (non-hydrogen) atoms. The van der Waals surface area contributed by atoms with E-state index in [0.29, 0.717) is 16.5 Å². The van der Waals surface area contributed by atoms with E-state index in [-0.39, 0.29) is 22.8 Å². The molecule has 7 nitrogen and oxygen atoms in total. The lowest BCUT2D eigenvalue weighted by Gasteiger charge is -2.27. The summed E-state index contributed by atoms with van der Waals surface area (Å²) in [4.78, 5) is 31.9. The van der Waals surface area contributed by atoms with E-state index < -0.39 is 23.5 Å². The molecule has 0 saturated carbocycles. The van der Waals surface area contributed by atoms with Crippen LogP contribution in [0.4, 0.5) is 5.69 Å². The molecule has 2 aromatic carbocycles. The predicted molar refractivity (Wildman–Crippen MR) is 120 cm³/mol. The van der Waals surface area contributed by atoms with Crippen LogP contribution in [0.3, 0.4) is 0 Å². The van der Waals surface area contributed by atoms with Gasteiger partial charge in [-0.25, -0.2) is 0 Å². The Morgan fingerprint density at radius 2 is 1.88 bits per heavy atom. The number of halogens is 1. The highest BCUT2D eigenvalue weighted by Gasteiger charge is 2.46. The third-order valence-corrected chi connectivity index (χ3v) is 5.79. The van der Waals surface area contributed by atoms with E-state index >= 15 is 0 Å². The molecule has 1 atom stereocenters. The Kier molecular flexibility index (Phi) is 4.79. The quantitative estimate of drug-likeness (QED) is 0.386. The molecule has 1 unspecified atom stereocenters. The van der Waals surface area contributed by atoms with Gasteiger partial charge in [-0.15, -0.1) is 0 Å². The van der Waals surface area contributed by atoms with E-state index in [1.165, 1.54) is 23.2 Å². The van der Waals surface area contributed by atoms with Crippen LogP contribution < -0.4 is 4.90 Å². The number of hydrogen-bond donors (Lipinski definition) is 2. The molecule has 1 amide bonds. The number of aromatic nitrogens is 1. The molecule has 2 aromatic heterocycles. The van der Waals surface area contributed by atoms with Crippen molar-refractivity contribution in [2.24, 2.45) is 0 Å². The first kappa shape index (κ1) is 20.0. The number of hydrogen-bond acceptors (Lipinski definition) is 6. The summed E-state index contributed by atoms with van der Waals surface area (Å²) in [6, 6.07) is 15.5. The summed E-state index contributed by atoms with van der Waals surface area (Å²) in [5, 5.41) is 21.9. The number of rotatable bonds is 4. The van der Waals surface area contributed by atoms with Gasteiger partial charge in [0.05, 0.1) is 17.3 Å². The van der Waals surface area contributed by atoms with Gasteiger partial charge in [0.2, 0.25) is 5.78 Å². The monoisotopic (exact) mass is 490 g/mol. The van der Waals surface area contributed by atoms with Crippen molar-refractivity contribution in [2.45, 2.75) is 6.04 Å². The summed E-state index contributed by atoms with van der Waals surface area (Å²) in [5.41, 5.74) is 1.01. The molecule has 0 spiro atoms. The average molecular weight is 491 g/mol. The fraction of sp³-hybridized carbons (Fsp3) is 0.0417. The maximum absolute atomic E-state index is 13.5. The van der Waals surface area contributed by atoms with Crippen molar-refractivity contribution in [3.05, 3.63) is 100 Å². The van der Waals surface area contributed by atoms with Crippen LogP contribution in [0.2, 0.25) is 0 Å². The summed E-state index contributed by atoms with van der Waals surface area (Å²) >= 11 is 3.39. The Balaban J connectivity index is 1.67. The zero-order valence-corrected chi connectivity index (χ0v) is 18.0. The van der Waals surface area contributed by atoms with Crippen LogP contribution in [0.1, 0.15) is 22.2 Å². The van der Waals surface area contributed by atoms with Crippen molar-refractivity contribution in [1.29, 1.82) is 0 Å². The van der Waals surface area contributed by atoms with Gasteiger partial charge in [-0.3, -0.25) is 19.5 Å². The second-order valence-electron chi connectivity index (χ2n) is 7.24. The number of phenolic OH excluding ortho intramolecular Hbond substituents is 1. The fourth-order valence-electron chi connectivity index (χ4n) is 3.87. The van der Waals surface area contributed by atoms with Crippen molar-refractivity contribution in [2.75, 3.05) is 4.90 Å². The number of aliphatic hydroxyl groups is 1. The third-order valence-electron chi connectivity index (χ3n) is 5.30. The van der Waals surface area contributed by atoms with Crippen LogP contribution in [-0.2, 0) is 4.79 Å². The van der Waals surface area contributed by atoms with Gasteiger partial charge in [-0.1, -0.05) is 34.1 Å². The topological polar surface area (TPSA) is 104 Å². The molecule has 0 radical (unpaired) electrons. The second-order valence-corrected chi connectivity index (χ2v) is 8.15. The fourth-order valence-corrected chi connectivity index (χ4v) is 4.24. The van der Waals surface area contributed by atoms with Gasteiger partial charge in [-0.2, -0.15) is 0 Å². The van der Waals surface area contributed by atoms with Crippen molar-refractivity contribution >= 4 is 44.3 Å². The normalized spacial score (nSPS) is 16.2. The molecule has 0 saturated heterocycles. The second kappa shape index (κ2) is 7.65. The van der Waals surface area contributed by atoms with E-state index in [1.54, 1.807) is 54.7 Å². The smallest absolute Gasteiger partial charge is 0.294 e. The molecule has 0 aliphatic carbocycles. The Bertz CT molecular complexity index is 1410. The number of para-hydroxylation sites is 2. The number of aliphatic hydroxyl groups excluding tert-OH is 1. The highest BCUT2D eigenvalue weighted by molar-refractivity contribution is 9.10. The number of Topliss-reactive ketones (excluding diaryl/α,β-unsaturated/α-hetero) is 1. The number of phenols is 1. The molecular formula is C24H15BrN2O5. The number of furan rings is 1. The summed E-state index contributed by atoms with van der Waals surface area (Å²) < 4.78 is 6.54. The van der Waals surface area contributed by atoms with Crippen LogP contribution in [0, 0.1) is 0 Å². The molecule has 1 aliphatic heterocycles. The first-order valence-corrected chi connectivity index (χ1v) is 10.4. The van der Waals surface area contributed by atoms with E-state index in [1.807, 2.05) is 0 Å². The van der Waals surface area contributed by atoms with E-state index in [0.717, 1.165) is 4.47 Å². The standard InChI is InChI=1S/C24H15BrN2O5/c25-15-7-8-18-14(10-15)11-19(32-18)22(29)20-21(13-4-3-9-26-12-13)27(24(31)23(20)30)16-5-1-2-6-17(16)28/h1-12,21,28,30H. The minimum Gasteiger partial charge on any atom is -0.506 e. The van der Waals surface area contributed by atoms with Crippen LogP contribution in [0.25, 0.3) is 11.0 Å². The molecule has 2 N–H and O–H groups in total. The minimum atomic E-state index is -1.00. The summed E-state index contributed by atoms with van der Waals surface area (Å²) in [6.45, 7) is 0. The summed E-state index contributed by atoms with van der Waals surface area (Å²) in [7, 11) is 0. The van der Waals surface area contributed by atoms with Gasteiger partial charge < -0.3 is 14.6 Å². The maximum atomic E-state index is 13.5. The number of carbonyl (C=O) groups excluding carboxylic acids is 2. The number of pyridine rings is 1. The molecule has 1 aliphatic rings. The molecular weight excluding hydrogens is 476 g/mol. The number of amides is 1. The van der Waals surface area contributed by atoms with Gasteiger partial charge in [0.25, 0.3) is 5.91 Å². The highest BCUT2D eigenvalue weighted by atomic mass is 79.9. The lowest BCUT2D eigenvalue weighted by molar-refractivity contribution is -0.117. The number of anilines is 1. The van der Waals surface area contributed by atoms with Crippen molar-refractivity contribution in [1.82, 2.24) is 4.98 Å². The van der Waals surface area contributed by atoms with E-state index in [2.05, 4.69) is 20.9 Å². The largest absolute Gasteiger partial charge is 0.506 e. The Morgan fingerprint density at radius 1 is 1.06 bits per heavy atom. The van der Waals surface area contributed by atoms with Gasteiger partial charge in [-0.05, 0) is 48.0 Å². The maximum Gasteiger partial charge on any atom is 0.294 e. The van der Waals surface area contributed by atoms with Crippen LogP contribution in [-0.4, -0.2) is 26.9 Å². The molecule has 8 heteroatoms. The van der Waals surface area contributed by atoms with Crippen molar-refractivity contribution in [3.63, 3.8) is 0 Å². The summed E-state index contributed by atoms with van der Waals surface area (Å²) in [6.07, 6.45) is 3.07. The summed E-state index contributed by atoms with van der Waals surface area (Å²) in [5.74, 6) is -2.31. The zero-order valence-electron chi connectivity index (χ0n) is 16.4. The first-order chi connectivity index (χ1) is 15.5. The average Bonchev–Trinajstić information content (AvgIpc) is 3.33. The van der Waals surface area contributed by atoms with Crippen LogP contribution in [0.15, 0.2) is 93.3 Å². The van der Waals surface area contributed by atoms with Crippen molar-refractivity contribution in [3.8, 4) is 5.75 Å². The highest BCUT2D eigenvalue weighted by Crippen LogP contribution is 2.44. The number of nitrogens with zero attached hydrogens (tertiary/aromatic N) is 2. The number of fused-ring (bicyclic) bond motifs is 1.